The summed E-state index contributed by atoms with van der Waals surface area (Å²) in [6.07, 6.45) is 0. The van der Waals surface area contributed by atoms with Crippen LogP contribution >= 0.6 is 0 Å². The molecular formula is C17H20N6. The summed E-state index contributed by atoms with van der Waals surface area (Å²) in [5.41, 5.74) is 5.92. The zero-order valence-electron chi connectivity index (χ0n) is 14.0. The Bertz CT molecular complexity index is 992. The molecule has 0 fully saturated rings. The summed E-state index contributed by atoms with van der Waals surface area (Å²) in [5.74, 6) is 0.759. The molecule has 0 amide bonds. The molecule has 1 aromatic carbocycles. The fraction of sp³-hybridized carbons (Fsp3) is 0.294. The molecule has 0 aliphatic carbocycles. The first-order chi connectivity index (χ1) is 11.0. The maximum Gasteiger partial charge on any atom is 0.160 e. The van der Waals surface area contributed by atoms with Gasteiger partial charge >= 0.3 is 0 Å². The molecule has 0 aliphatic rings. The van der Waals surface area contributed by atoms with E-state index in [1.54, 1.807) is 0 Å². The van der Waals surface area contributed by atoms with E-state index in [0.29, 0.717) is 0 Å². The Hall–Kier alpha value is -2.76. The van der Waals surface area contributed by atoms with E-state index in [0.717, 1.165) is 38.7 Å². The van der Waals surface area contributed by atoms with Crippen LogP contribution in [0.15, 0.2) is 18.2 Å². The minimum absolute atomic E-state index is 0.759. The molecular weight excluding hydrogens is 288 g/mol. The van der Waals surface area contributed by atoms with E-state index in [9.17, 15) is 0 Å². The van der Waals surface area contributed by atoms with Gasteiger partial charge in [0.25, 0.3) is 0 Å². The molecule has 0 aliphatic heterocycles. The fourth-order valence-electron chi connectivity index (χ4n) is 2.77. The highest BCUT2D eigenvalue weighted by Crippen LogP contribution is 2.17. The van der Waals surface area contributed by atoms with Crippen LogP contribution in [0.2, 0.25) is 0 Å². The smallest absolute Gasteiger partial charge is 0.160 e. The second-order valence-electron chi connectivity index (χ2n) is 6.04. The molecule has 0 atom stereocenters. The van der Waals surface area contributed by atoms with Crippen molar-refractivity contribution in [3.8, 4) is 0 Å². The summed E-state index contributed by atoms with van der Waals surface area (Å²) in [7, 11) is 0. The first-order valence-corrected chi connectivity index (χ1v) is 7.53. The summed E-state index contributed by atoms with van der Waals surface area (Å²) >= 11 is 0. The van der Waals surface area contributed by atoms with Gasteiger partial charge in [-0.05, 0) is 52.8 Å². The molecule has 0 saturated heterocycles. The van der Waals surface area contributed by atoms with E-state index in [1.807, 2.05) is 25.1 Å². The minimum atomic E-state index is 0.759. The maximum atomic E-state index is 4.37. The summed E-state index contributed by atoms with van der Waals surface area (Å²) in [4.78, 5) is 0. The number of aromatic nitrogens is 5. The van der Waals surface area contributed by atoms with Crippen LogP contribution < -0.4 is 15.8 Å². The van der Waals surface area contributed by atoms with Gasteiger partial charge in [0, 0.05) is 16.1 Å². The second kappa shape index (κ2) is 5.79. The fourth-order valence-corrected chi connectivity index (χ4v) is 2.77. The highest BCUT2D eigenvalue weighted by molar-refractivity contribution is 5.79. The Labute approximate surface area is 134 Å². The topological polar surface area (TPSA) is 79.4 Å². The van der Waals surface area contributed by atoms with Gasteiger partial charge < -0.3 is 5.32 Å². The van der Waals surface area contributed by atoms with Crippen molar-refractivity contribution in [3.63, 3.8) is 0 Å². The lowest BCUT2D eigenvalue weighted by atomic mass is 10.1. The lowest BCUT2D eigenvalue weighted by molar-refractivity contribution is 0.955. The third kappa shape index (κ3) is 2.79. The molecule has 0 bridgehead atoms. The lowest BCUT2D eigenvalue weighted by Gasteiger charge is -2.09. The van der Waals surface area contributed by atoms with Gasteiger partial charge in [-0.15, -0.1) is 5.10 Å². The Kier molecular flexibility index (Phi) is 3.82. The Balaban J connectivity index is 2.19. The zero-order valence-corrected chi connectivity index (χ0v) is 14.0. The molecule has 0 saturated carbocycles. The Morgan fingerprint density at radius 1 is 0.913 bits per heavy atom. The van der Waals surface area contributed by atoms with Crippen molar-refractivity contribution in [3.05, 3.63) is 34.3 Å². The third-order valence-electron chi connectivity index (χ3n) is 3.73. The predicted octanol–water partition coefficient (Wildman–Crippen LogP) is 2.18. The highest BCUT2D eigenvalue weighted by atomic mass is 15.3. The maximum absolute atomic E-state index is 4.37. The number of H-pyrrole nitrogens is 1. The summed E-state index contributed by atoms with van der Waals surface area (Å²) in [5, 5.41) is 25.1. The molecule has 6 heteroatoms. The SMILES string of the molecule is CC(C)=c1c(C)nnc(Nc2ccc3n[nH]nc3c2)c1=C(C)C. The summed E-state index contributed by atoms with van der Waals surface area (Å²) in [6, 6.07) is 5.82. The number of rotatable bonds is 2. The number of nitrogens with zero attached hydrogens (tertiary/aromatic N) is 4. The monoisotopic (exact) mass is 308 g/mol. The van der Waals surface area contributed by atoms with Gasteiger partial charge in [-0.1, -0.05) is 11.1 Å². The number of fused-ring (bicyclic) bond motifs is 1. The van der Waals surface area contributed by atoms with Crippen molar-refractivity contribution in [2.24, 2.45) is 0 Å². The van der Waals surface area contributed by atoms with Crippen LogP contribution in [0.25, 0.3) is 22.2 Å². The summed E-state index contributed by atoms with van der Waals surface area (Å²) < 4.78 is 0. The number of hydrogen-bond acceptors (Lipinski definition) is 5. The van der Waals surface area contributed by atoms with Crippen LogP contribution in [0.5, 0.6) is 0 Å². The average Bonchev–Trinajstić information content (AvgIpc) is 2.95. The molecule has 3 rings (SSSR count). The molecule has 0 radical (unpaired) electrons. The van der Waals surface area contributed by atoms with Gasteiger partial charge in [0.1, 0.15) is 11.0 Å². The van der Waals surface area contributed by atoms with Gasteiger partial charge in [-0.25, -0.2) is 0 Å². The van der Waals surface area contributed by atoms with Gasteiger partial charge in [-0.3, -0.25) is 0 Å². The standard InChI is InChI=1S/C17H20N6/c1-9(2)15-11(5)19-22-17(16(15)10(3)4)18-12-6-7-13-14(8-12)21-23-20-13/h6-8H,1-5H3,(H,18,22)(H,20,21,23). The van der Waals surface area contributed by atoms with E-state index in [1.165, 1.54) is 11.1 Å². The van der Waals surface area contributed by atoms with Crippen molar-refractivity contribution in [2.75, 3.05) is 5.32 Å². The Morgan fingerprint density at radius 3 is 2.30 bits per heavy atom. The van der Waals surface area contributed by atoms with Crippen molar-refractivity contribution < 1.29 is 0 Å². The van der Waals surface area contributed by atoms with Crippen LogP contribution in [0.4, 0.5) is 11.5 Å². The van der Waals surface area contributed by atoms with Crippen LogP contribution in [0.1, 0.15) is 33.4 Å². The van der Waals surface area contributed by atoms with Gasteiger partial charge in [-0.2, -0.15) is 20.5 Å². The van der Waals surface area contributed by atoms with Crippen LogP contribution in [0.3, 0.4) is 0 Å². The normalized spacial score (nSPS) is 10.8. The van der Waals surface area contributed by atoms with E-state index in [4.69, 9.17) is 0 Å². The quantitative estimate of drug-likeness (QED) is 0.758. The van der Waals surface area contributed by atoms with Crippen LogP contribution in [-0.4, -0.2) is 25.6 Å². The van der Waals surface area contributed by atoms with Crippen LogP contribution in [-0.2, 0) is 0 Å². The third-order valence-corrected chi connectivity index (χ3v) is 3.73. The number of aromatic amines is 1. The first kappa shape index (κ1) is 15.1. The molecule has 118 valence electrons. The van der Waals surface area contributed by atoms with E-state index in [2.05, 4.69) is 58.6 Å². The number of hydrogen-bond donors (Lipinski definition) is 2. The van der Waals surface area contributed by atoms with E-state index in [-0.39, 0.29) is 0 Å². The molecule has 2 N–H and O–H groups in total. The predicted molar refractivity (Wildman–Crippen MR) is 92.7 cm³/mol. The van der Waals surface area contributed by atoms with Crippen molar-refractivity contribution in [2.45, 2.75) is 34.6 Å². The van der Waals surface area contributed by atoms with Crippen LogP contribution in [0, 0.1) is 6.92 Å². The lowest BCUT2D eigenvalue weighted by Crippen LogP contribution is -2.35. The zero-order chi connectivity index (χ0) is 16.6. The van der Waals surface area contributed by atoms with Crippen molar-refractivity contribution in [1.82, 2.24) is 25.6 Å². The highest BCUT2D eigenvalue weighted by Gasteiger charge is 2.07. The Morgan fingerprint density at radius 2 is 1.61 bits per heavy atom. The van der Waals surface area contributed by atoms with Gasteiger partial charge in [0.2, 0.25) is 0 Å². The molecule has 0 unspecified atom stereocenters. The number of aryl methyl sites for hydroxylation is 1. The van der Waals surface area contributed by atoms with Crippen molar-refractivity contribution >= 4 is 33.7 Å². The van der Waals surface area contributed by atoms with Crippen molar-refractivity contribution in [1.29, 1.82) is 0 Å². The average molecular weight is 308 g/mol. The summed E-state index contributed by atoms with van der Waals surface area (Å²) in [6.45, 7) is 10.4. The molecule has 6 nitrogen and oxygen atoms in total. The largest absolute Gasteiger partial charge is 0.338 e. The molecule has 2 aromatic heterocycles. The molecule has 2 heterocycles. The first-order valence-electron chi connectivity index (χ1n) is 7.53. The molecule has 23 heavy (non-hydrogen) atoms. The van der Waals surface area contributed by atoms with E-state index < -0.39 is 0 Å². The van der Waals surface area contributed by atoms with Gasteiger partial charge in [0.05, 0.1) is 5.69 Å². The minimum Gasteiger partial charge on any atom is -0.338 e. The molecule has 3 aromatic rings. The molecule has 0 spiro atoms. The van der Waals surface area contributed by atoms with Gasteiger partial charge in [0.15, 0.2) is 5.82 Å². The number of benzene rings is 1. The van der Waals surface area contributed by atoms with E-state index >= 15 is 0 Å². The number of nitrogens with one attached hydrogen (secondary N) is 2. The second-order valence-corrected chi connectivity index (χ2v) is 6.04. The number of anilines is 2.